The maximum atomic E-state index is 13.0. The molecular formula is C13H19F3S. The van der Waals surface area contributed by atoms with E-state index in [1.807, 2.05) is 20.8 Å². The van der Waals surface area contributed by atoms with Crippen LogP contribution in [0.5, 0.6) is 0 Å². The van der Waals surface area contributed by atoms with Crippen molar-refractivity contribution in [1.82, 2.24) is 0 Å². The Balaban J connectivity index is 3.60. The molecule has 0 saturated carbocycles. The van der Waals surface area contributed by atoms with Crippen molar-refractivity contribution in [2.75, 3.05) is 0 Å². The van der Waals surface area contributed by atoms with Crippen molar-refractivity contribution in [2.45, 2.75) is 51.9 Å². The standard InChI is InChI=1S/C13H19F3S/c1-8-7-11(13(4,5)6)9(2)10(3)12(8)17(14,15)16/h7H,1-6H3. The first-order valence-electron chi connectivity index (χ1n) is 5.49. The summed E-state index contributed by atoms with van der Waals surface area (Å²) in [6, 6.07) is 1.69. The van der Waals surface area contributed by atoms with Crippen LogP contribution in [0.1, 0.15) is 43.0 Å². The van der Waals surface area contributed by atoms with Gasteiger partial charge < -0.3 is 0 Å². The van der Waals surface area contributed by atoms with E-state index in [1.54, 1.807) is 26.8 Å². The Hall–Kier alpha value is -0.640. The topological polar surface area (TPSA) is 0 Å². The maximum absolute atomic E-state index is 13.0. The first-order valence-corrected chi connectivity index (χ1v) is 6.83. The molecule has 0 unspecified atom stereocenters. The van der Waals surface area contributed by atoms with Crippen molar-refractivity contribution in [3.8, 4) is 0 Å². The molecule has 1 rings (SSSR count). The second-order valence-corrected chi connectivity index (χ2v) is 6.70. The Morgan fingerprint density at radius 2 is 1.41 bits per heavy atom. The number of hydrogen-bond acceptors (Lipinski definition) is 0. The summed E-state index contributed by atoms with van der Waals surface area (Å²) in [7, 11) is 0. The summed E-state index contributed by atoms with van der Waals surface area (Å²) in [6.07, 6.45) is 0. The van der Waals surface area contributed by atoms with E-state index < -0.39 is 16.1 Å². The number of rotatable bonds is 1. The summed E-state index contributed by atoms with van der Waals surface area (Å²) in [5, 5.41) is 0. The summed E-state index contributed by atoms with van der Waals surface area (Å²) in [5.74, 6) is 0. The van der Waals surface area contributed by atoms with Crippen molar-refractivity contribution in [2.24, 2.45) is 0 Å². The van der Waals surface area contributed by atoms with Crippen LogP contribution in [-0.2, 0) is 5.41 Å². The third kappa shape index (κ3) is 2.79. The highest BCUT2D eigenvalue weighted by atomic mass is 32.3. The Morgan fingerprint density at radius 3 is 1.76 bits per heavy atom. The van der Waals surface area contributed by atoms with E-state index in [2.05, 4.69) is 0 Å². The molecule has 0 bridgehead atoms. The highest BCUT2D eigenvalue weighted by Gasteiger charge is 2.31. The summed E-state index contributed by atoms with van der Waals surface area (Å²) < 4.78 is 39.0. The Labute approximate surface area is 103 Å². The molecule has 0 radical (unpaired) electrons. The van der Waals surface area contributed by atoms with E-state index in [4.69, 9.17) is 0 Å². The molecule has 0 aromatic heterocycles. The normalized spacial score (nSPS) is 13.9. The zero-order valence-electron chi connectivity index (χ0n) is 11.1. The Kier molecular flexibility index (Phi) is 3.59. The molecule has 98 valence electrons. The van der Waals surface area contributed by atoms with Crippen LogP contribution in [0.15, 0.2) is 11.0 Å². The van der Waals surface area contributed by atoms with E-state index >= 15 is 0 Å². The molecule has 1 aromatic carbocycles. The second-order valence-electron chi connectivity index (χ2n) is 5.48. The van der Waals surface area contributed by atoms with Crippen LogP contribution in [0.4, 0.5) is 11.7 Å². The van der Waals surface area contributed by atoms with E-state index in [9.17, 15) is 11.7 Å². The lowest BCUT2D eigenvalue weighted by Crippen LogP contribution is -2.15. The lowest BCUT2D eigenvalue weighted by Gasteiger charge is -2.27. The number of hydrogen-bond donors (Lipinski definition) is 0. The Bertz CT molecular complexity index is 439. The monoisotopic (exact) mass is 264 g/mol. The molecule has 0 fully saturated rings. The van der Waals surface area contributed by atoms with Gasteiger partial charge in [-0.3, -0.25) is 0 Å². The fraction of sp³-hybridized carbons (Fsp3) is 0.538. The van der Waals surface area contributed by atoms with Gasteiger partial charge in [0.05, 0.1) is 4.90 Å². The highest BCUT2D eigenvalue weighted by molar-refractivity contribution is 8.21. The molecule has 0 heterocycles. The van der Waals surface area contributed by atoms with Crippen molar-refractivity contribution in [1.29, 1.82) is 0 Å². The van der Waals surface area contributed by atoms with Crippen LogP contribution in [0.2, 0.25) is 0 Å². The summed E-state index contributed by atoms with van der Waals surface area (Å²) >= 11 is -5.15. The van der Waals surface area contributed by atoms with Crippen molar-refractivity contribution >= 4 is 11.2 Å². The van der Waals surface area contributed by atoms with Crippen LogP contribution >= 0.6 is 11.2 Å². The van der Waals surface area contributed by atoms with Gasteiger partial charge >= 0.3 is 0 Å². The highest BCUT2D eigenvalue weighted by Crippen LogP contribution is 2.63. The number of benzene rings is 1. The van der Waals surface area contributed by atoms with Gasteiger partial charge in [0.15, 0.2) is 0 Å². The molecule has 4 heteroatoms. The Morgan fingerprint density at radius 1 is 0.941 bits per heavy atom. The molecule has 0 atom stereocenters. The minimum Gasteiger partial charge on any atom is -0.120 e. The zero-order valence-corrected chi connectivity index (χ0v) is 11.9. The lowest BCUT2D eigenvalue weighted by molar-refractivity contribution is 0.581. The van der Waals surface area contributed by atoms with E-state index in [-0.39, 0.29) is 5.41 Å². The van der Waals surface area contributed by atoms with Gasteiger partial charge in [0.1, 0.15) is 0 Å². The van der Waals surface area contributed by atoms with Crippen LogP contribution < -0.4 is 0 Å². The molecule has 1 aromatic rings. The predicted octanol–water partition coefficient (Wildman–Crippen LogP) is 5.73. The number of halogens is 3. The van der Waals surface area contributed by atoms with Gasteiger partial charge in [-0.1, -0.05) is 26.8 Å². The first-order chi connectivity index (χ1) is 7.46. The molecule has 0 amide bonds. The minimum absolute atomic E-state index is 0.126. The van der Waals surface area contributed by atoms with Crippen LogP contribution in [0.25, 0.3) is 0 Å². The molecule has 0 N–H and O–H groups in total. The zero-order chi connectivity index (χ0) is 13.6. The summed E-state index contributed by atoms with van der Waals surface area (Å²) in [6.45, 7) is 11.0. The van der Waals surface area contributed by atoms with Crippen molar-refractivity contribution in [3.05, 3.63) is 28.3 Å². The average Bonchev–Trinajstić information content (AvgIpc) is 2.07. The quantitative estimate of drug-likeness (QED) is 0.608. The molecule has 0 saturated heterocycles. The van der Waals surface area contributed by atoms with Crippen LogP contribution in [-0.4, -0.2) is 0 Å². The maximum Gasteiger partial charge on any atom is 0.238 e. The molecule has 0 aliphatic carbocycles. The fourth-order valence-electron chi connectivity index (χ4n) is 2.19. The minimum atomic E-state index is -5.15. The third-order valence-electron chi connectivity index (χ3n) is 3.07. The van der Waals surface area contributed by atoms with Gasteiger partial charge in [-0.2, -0.15) is 0 Å². The van der Waals surface area contributed by atoms with Gasteiger partial charge in [0, 0.05) is 0 Å². The molecule has 0 aliphatic heterocycles. The summed E-state index contributed by atoms with van der Waals surface area (Å²) in [5.41, 5.74) is 2.37. The molecular weight excluding hydrogens is 245 g/mol. The predicted molar refractivity (Wildman–Crippen MR) is 68.5 cm³/mol. The van der Waals surface area contributed by atoms with Crippen molar-refractivity contribution < 1.29 is 11.7 Å². The molecule has 0 nitrogen and oxygen atoms in total. The molecule has 17 heavy (non-hydrogen) atoms. The SMILES string of the molecule is Cc1cc(C(C)(C)C)c(C)c(C)c1S(F)(F)F. The van der Waals surface area contributed by atoms with Crippen LogP contribution in [0, 0.1) is 20.8 Å². The van der Waals surface area contributed by atoms with Crippen LogP contribution in [0.3, 0.4) is 0 Å². The molecule has 0 aliphatic rings. The second kappa shape index (κ2) is 4.23. The summed E-state index contributed by atoms with van der Waals surface area (Å²) in [4.78, 5) is -0.400. The van der Waals surface area contributed by atoms with Gasteiger partial charge in [-0.05, 0) is 48.4 Å². The largest absolute Gasteiger partial charge is 0.238 e. The average molecular weight is 264 g/mol. The van der Waals surface area contributed by atoms with Gasteiger partial charge in [0.2, 0.25) is 11.2 Å². The smallest absolute Gasteiger partial charge is 0.120 e. The van der Waals surface area contributed by atoms with E-state index in [1.165, 1.54) is 0 Å². The van der Waals surface area contributed by atoms with E-state index in [0.717, 1.165) is 11.1 Å². The fourth-order valence-corrected chi connectivity index (χ4v) is 3.12. The molecule has 0 spiro atoms. The van der Waals surface area contributed by atoms with E-state index in [0.29, 0.717) is 11.1 Å². The third-order valence-corrected chi connectivity index (χ3v) is 4.16. The lowest BCUT2D eigenvalue weighted by atomic mass is 9.82. The van der Waals surface area contributed by atoms with Gasteiger partial charge in [-0.25, -0.2) is 0 Å². The van der Waals surface area contributed by atoms with Gasteiger partial charge in [-0.15, -0.1) is 11.7 Å². The van der Waals surface area contributed by atoms with Gasteiger partial charge in [0.25, 0.3) is 0 Å². The number of aryl methyl sites for hydroxylation is 1. The van der Waals surface area contributed by atoms with Crippen molar-refractivity contribution in [3.63, 3.8) is 0 Å². The first kappa shape index (κ1) is 14.4.